The van der Waals surface area contributed by atoms with Gasteiger partial charge in [0, 0.05) is 36.9 Å². The van der Waals surface area contributed by atoms with Crippen molar-refractivity contribution in [2.75, 3.05) is 18.4 Å². The van der Waals surface area contributed by atoms with Crippen LogP contribution in [0.3, 0.4) is 0 Å². The number of rotatable bonds is 5. The maximum absolute atomic E-state index is 12.1. The number of carbonyl (C=O) groups is 2. The van der Waals surface area contributed by atoms with Crippen molar-refractivity contribution in [3.05, 3.63) is 29.5 Å². The average Bonchev–Trinajstić information content (AvgIpc) is 3.38. The molecule has 1 amide bonds. The lowest BCUT2D eigenvalue weighted by Gasteiger charge is -2.33. The highest BCUT2D eigenvalue weighted by atomic mass is 32.1. The molecule has 1 unspecified atom stereocenters. The van der Waals surface area contributed by atoms with Crippen LogP contribution in [0.5, 0.6) is 0 Å². The van der Waals surface area contributed by atoms with Crippen molar-refractivity contribution < 1.29 is 14.7 Å². The van der Waals surface area contributed by atoms with E-state index in [1.807, 2.05) is 12.1 Å². The lowest BCUT2D eigenvalue weighted by molar-refractivity contribution is -0.131. The summed E-state index contributed by atoms with van der Waals surface area (Å²) in [6, 6.07) is 3.82. The number of carboxylic acid groups (broad SMARTS) is 1. The Morgan fingerprint density at radius 2 is 2.28 bits per heavy atom. The molecule has 10 heteroatoms. The van der Waals surface area contributed by atoms with Gasteiger partial charge in [0.2, 0.25) is 5.91 Å². The second-order valence-corrected chi connectivity index (χ2v) is 7.81. The summed E-state index contributed by atoms with van der Waals surface area (Å²) in [5.41, 5.74) is 2.23. The molecule has 1 fully saturated rings. The summed E-state index contributed by atoms with van der Waals surface area (Å²) < 4.78 is 0. The number of aromatic nitrogens is 3. The molecule has 0 saturated carbocycles. The Kier molecular flexibility index (Phi) is 5.14. The largest absolute Gasteiger partial charge is 0.477 e. The minimum atomic E-state index is -1.02. The van der Waals surface area contributed by atoms with E-state index in [0.29, 0.717) is 23.7 Å². The fourth-order valence-electron chi connectivity index (χ4n) is 3.53. The molecule has 0 radical (unpaired) electrons. The zero-order valence-electron chi connectivity index (χ0n) is 15.4. The van der Waals surface area contributed by atoms with Crippen molar-refractivity contribution in [3.8, 4) is 16.6 Å². The lowest BCUT2D eigenvalue weighted by Crippen LogP contribution is -2.45. The van der Waals surface area contributed by atoms with Crippen LogP contribution in [0, 0.1) is 11.3 Å². The molecule has 29 heavy (non-hydrogen) atoms. The molecule has 1 aliphatic rings. The van der Waals surface area contributed by atoms with Crippen LogP contribution in [0.4, 0.5) is 5.69 Å². The van der Waals surface area contributed by atoms with Crippen molar-refractivity contribution in [1.82, 2.24) is 19.9 Å². The maximum atomic E-state index is 12.1. The Labute approximate surface area is 170 Å². The summed E-state index contributed by atoms with van der Waals surface area (Å²) in [6.07, 6.45) is 6.41. The molecule has 9 nitrogen and oxygen atoms in total. The molecule has 0 aromatic carbocycles. The van der Waals surface area contributed by atoms with E-state index in [1.54, 1.807) is 17.3 Å². The quantitative estimate of drug-likeness (QED) is 0.588. The molecule has 4 rings (SSSR count). The number of nitrogens with one attached hydrogen (secondary N) is 2. The van der Waals surface area contributed by atoms with Crippen LogP contribution in [0.25, 0.3) is 21.6 Å². The zero-order valence-corrected chi connectivity index (χ0v) is 16.2. The summed E-state index contributed by atoms with van der Waals surface area (Å²) in [4.78, 5) is 37.0. The van der Waals surface area contributed by atoms with Crippen LogP contribution in [-0.2, 0) is 4.79 Å². The number of hydrogen-bond acceptors (Lipinski definition) is 7. The second-order valence-electron chi connectivity index (χ2n) is 6.78. The van der Waals surface area contributed by atoms with E-state index < -0.39 is 5.97 Å². The third kappa shape index (κ3) is 3.77. The fourth-order valence-corrected chi connectivity index (χ4v) is 4.30. The number of carboxylic acids is 1. The number of hydrogen-bond donors (Lipinski definition) is 3. The van der Waals surface area contributed by atoms with Gasteiger partial charge in [-0.2, -0.15) is 5.26 Å². The predicted molar refractivity (Wildman–Crippen MR) is 108 cm³/mol. The minimum absolute atomic E-state index is 0.00421. The Bertz CT molecular complexity index is 1110. The standard InChI is InChI=1S/C19H18N6O3S/c20-5-3-15(26)25-7-1-2-11(10-25)24-16-12-4-6-21-17(12)22-8-13(16)18-23-9-14(29-18)19(27)28/h4,6,8-9,11H,1-3,7,10H2,(H,27,28)(H2,21,22,24). The summed E-state index contributed by atoms with van der Waals surface area (Å²) >= 11 is 1.09. The van der Waals surface area contributed by atoms with E-state index in [-0.39, 0.29) is 23.2 Å². The first-order chi connectivity index (χ1) is 14.1. The third-order valence-electron chi connectivity index (χ3n) is 4.89. The summed E-state index contributed by atoms with van der Waals surface area (Å²) in [5.74, 6) is -1.18. The number of carbonyl (C=O) groups excluding carboxylic acids is 1. The van der Waals surface area contributed by atoms with Gasteiger partial charge in [-0.25, -0.2) is 14.8 Å². The molecular formula is C19H18N6O3S. The van der Waals surface area contributed by atoms with Crippen LogP contribution in [-0.4, -0.2) is 56.0 Å². The van der Waals surface area contributed by atoms with Crippen molar-refractivity contribution in [2.45, 2.75) is 25.3 Å². The van der Waals surface area contributed by atoms with E-state index in [2.05, 4.69) is 20.3 Å². The molecule has 3 aromatic heterocycles. The first kappa shape index (κ1) is 18.9. The van der Waals surface area contributed by atoms with Gasteiger partial charge in [0.25, 0.3) is 0 Å². The van der Waals surface area contributed by atoms with Gasteiger partial charge in [0.05, 0.1) is 23.5 Å². The number of piperidine rings is 1. The number of thiazole rings is 1. The van der Waals surface area contributed by atoms with Crippen molar-refractivity contribution >= 4 is 39.9 Å². The number of anilines is 1. The number of nitrogens with zero attached hydrogens (tertiary/aromatic N) is 4. The molecule has 1 atom stereocenters. The smallest absolute Gasteiger partial charge is 0.347 e. The average molecular weight is 410 g/mol. The van der Waals surface area contributed by atoms with Gasteiger partial charge >= 0.3 is 5.97 Å². The van der Waals surface area contributed by atoms with Crippen molar-refractivity contribution in [3.63, 3.8) is 0 Å². The fraction of sp³-hybridized carbons (Fsp3) is 0.316. The van der Waals surface area contributed by atoms with Crippen LogP contribution in [0.2, 0.25) is 0 Å². The van der Waals surface area contributed by atoms with Crippen LogP contribution in [0.15, 0.2) is 24.7 Å². The topological polar surface area (TPSA) is 135 Å². The highest BCUT2D eigenvalue weighted by molar-refractivity contribution is 7.16. The number of amides is 1. The molecule has 3 N–H and O–H groups in total. The van der Waals surface area contributed by atoms with Gasteiger partial charge in [-0.1, -0.05) is 0 Å². The molecule has 0 spiro atoms. The van der Waals surface area contributed by atoms with Gasteiger partial charge in [-0.05, 0) is 18.9 Å². The van der Waals surface area contributed by atoms with E-state index >= 15 is 0 Å². The predicted octanol–water partition coefficient (Wildman–Crippen LogP) is 2.70. The summed E-state index contributed by atoms with van der Waals surface area (Å²) in [7, 11) is 0. The Morgan fingerprint density at radius 3 is 3.03 bits per heavy atom. The normalized spacial score (nSPS) is 16.5. The van der Waals surface area contributed by atoms with Gasteiger partial charge in [0.15, 0.2) is 0 Å². The SMILES string of the molecule is N#CCC(=O)N1CCCC(Nc2c(-c3ncc(C(=O)O)s3)cnc3[nH]ccc23)C1. The van der Waals surface area contributed by atoms with Gasteiger partial charge in [0.1, 0.15) is 22.0 Å². The lowest BCUT2D eigenvalue weighted by atomic mass is 10.0. The molecule has 1 saturated heterocycles. The maximum Gasteiger partial charge on any atom is 0.347 e. The number of fused-ring (bicyclic) bond motifs is 1. The van der Waals surface area contributed by atoms with E-state index in [1.165, 1.54) is 6.20 Å². The molecular weight excluding hydrogens is 392 g/mol. The highest BCUT2D eigenvalue weighted by Crippen LogP contribution is 2.36. The van der Waals surface area contributed by atoms with Gasteiger partial charge < -0.3 is 20.3 Å². The number of aromatic carboxylic acids is 1. The Balaban J connectivity index is 1.67. The first-order valence-electron chi connectivity index (χ1n) is 9.13. The number of pyridine rings is 1. The monoisotopic (exact) mass is 410 g/mol. The Morgan fingerprint density at radius 1 is 1.41 bits per heavy atom. The molecule has 0 aliphatic carbocycles. The summed E-state index contributed by atoms with van der Waals surface area (Å²) in [6.45, 7) is 1.16. The second kappa shape index (κ2) is 7.89. The number of nitriles is 1. The van der Waals surface area contributed by atoms with E-state index in [9.17, 15) is 14.7 Å². The molecule has 1 aliphatic heterocycles. The number of aromatic amines is 1. The molecule has 148 valence electrons. The van der Waals surface area contributed by atoms with Crippen molar-refractivity contribution in [2.24, 2.45) is 0 Å². The molecule has 4 heterocycles. The minimum Gasteiger partial charge on any atom is -0.477 e. The van der Waals surface area contributed by atoms with Crippen LogP contribution >= 0.6 is 11.3 Å². The van der Waals surface area contributed by atoms with Crippen molar-refractivity contribution in [1.29, 1.82) is 5.26 Å². The van der Waals surface area contributed by atoms with Gasteiger partial charge in [-0.3, -0.25) is 4.79 Å². The first-order valence-corrected chi connectivity index (χ1v) is 9.95. The number of likely N-dealkylation sites (tertiary alicyclic amines) is 1. The Hall–Kier alpha value is -3.45. The highest BCUT2D eigenvalue weighted by Gasteiger charge is 2.25. The zero-order chi connectivity index (χ0) is 20.4. The molecule has 3 aromatic rings. The van der Waals surface area contributed by atoms with Crippen LogP contribution < -0.4 is 5.32 Å². The van der Waals surface area contributed by atoms with E-state index in [0.717, 1.165) is 40.8 Å². The molecule has 0 bridgehead atoms. The van der Waals surface area contributed by atoms with Crippen LogP contribution in [0.1, 0.15) is 28.9 Å². The van der Waals surface area contributed by atoms with E-state index in [4.69, 9.17) is 5.26 Å². The summed E-state index contributed by atoms with van der Waals surface area (Å²) in [5, 5.41) is 23.0. The third-order valence-corrected chi connectivity index (χ3v) is 5.90. The number of H-pyrrole nitrogens is 1. The van der Waals surface area contributed by atoms with Gasteiger partial charge in [-0.15, -0.1) is 11.3 Å².